The molecule has 0 aliphatic rings. The van der Waals surface area contributed by atoms with E-state index in [-0.39, 0.29) is 11.6 Å². The number of hydrogen-bond acceptors (Lipinski definition) is 3. The molecule has 15 heavy (non-hydrogen) atoms. The van der Waals surface area contributed by atoms with E-state index in [0.29, 0.717) is 23.6 Å². The highest BCUT2D eigenvalue weighted by Gasteiger charge is 2.09. The smallest absolute Gasteiger partial charge is 0.181 e. The zero-order valence-corrected chi connectivity index (χ0v) is 9.28. The first-order valence-corrected chi connectivity index (χ1v) is 5.01. The van der Waals surface area contributed by atoms with Gasteiger partial charge in [0.05, 0.1) is 0 Å². The second-order valence-electron chi connectivity index (χ2n) is 4.01. The number of rotatable bonds is 4. The van der Waals surface area contributed by atoms with Crippen molar-refractivity contribution in [2.24, 2.45) is 5.92 Å². The first-order valence-electron chi connectivity index (χ1n) is 5.01. The lowest BCUT2D eigenvalue weighted by molar-refractivity contribution is 0.0959. The minimum atomic E-state index is -0.0367. The van der Waals surface area contributed by atoms with E-state index < -0.39 is 0 Å². The number of aromatic nitrogens is 1. The molecule has 3 heteroatoms. The van der Waals surface area contributed by atoms with Crippen molar-refractivity contribution in [3.8, 4) is 0 Å². The molecule has 0 aromatic carbocycles. The molecule has 1 aromatic heterocycles. The van der Waals surface area contributed by atoms with Gasteiger partial charge in [0.25, 0.3) is 0 Å². The molecule has 0 fully saturated rings. The number of carbonyl (C=O) groups is 2. The van der Waals surface area contributed by atoms with Crippen molar-refractivity contribution in [3.05, 3.63) is 29.6 Å². The van der Waals surface area contributed by atoms with Gasteiger partial charge in [-0.25, -0.2) is 0 Å². The largest absolute Gasteiger partial charge is 0.294 e. The third-order valence-corrected chi connectivity index (χ3v) is 2.05. The monoisotopic (exact) mass is 205 g/mol. The predicted octanol–water partition coefficient (Wildman–Crippen LogP) is 2.51. The highest BCUT2D eigenvalue weighted by atomic mass is 16.1. The Morgan fingerprint density at radius 1 is 1.33 bits per heavy atom. The lowest BCUT2D eigenvalue weighted by Gasteiger charge is -2.03. The van der Waals surface area contributed by atoms with Crippen LogP contribution >= 0.6 is 0 Å². The van der Waals surface area contributed by atoms with E-state index in [4.69, 9.17) is 0 Å². The van der Waals surface area contributed by atoms with Gasteiger partial charge < -0.3 is 0 Å². The van der Waals surface area contributed by atoms with Crippen LogP contribution in [0.4, 0.5) is 0 Å². The number of Topliss-reactive ketones (excluding diaryl/α,β-unsaturated/α-hetero) is 2. The molecule has 0 aliphatic carbocycles. The summed E-state index contributed by atoms with van der Waals surface area (Å²) in [4.78, 5) is 26.6. The Morgan fingerprint density at radius 3 is 2.40 bits per heavy atom. The van der Waals surface area contributed by atoms with E-state index in [2.05, 4.69) is 4.98 Å². The summed E-state index contributed by atoms with van der Waals surface area (Å²) in [6, 6.07) is 3.25. The van der Waals surface area contributed by atoms with E-state index in [0.717, 1.165) is 0 Å². The van der Waals surface area contributed by atoms with E-state index in [9.17, 15) is 9.59 Å². The Morgan fingerprint density at radius 2 is 2.00 bits per heavy atom. The van der Waals surface area contributed by atoms with Crippen molar-refractivity contribution < 1.29 is 9.59 Å². The fourth-order valence-electron chi connectivity index (χ4n) is 1.24. The molecule has 0 radical (unpaired) electrons. The van der Waals surface area contributed by atoms with Gasteiger partial charge in [0.15, 0.2) is 11.6 Å². The van der Waals surface area contributed by atoms with Crippen LogP contribution in [0.25, 0.3) is 0 Å². The van der Waals surface area contributed by atoms with Gasteiger partial charge in [0, 0.05) is 18.2 Å². The van der Waals surface area contributed by atoms with Crippen LogP contribution in [0.1, 0.15) is 48.0 Å². The van der Waals surface area contributed by atoms with Gasteiger partial charge in [-0.2, -0.15) is 0 Å². The van der Waals surface area contributed by atoms with Crippen LogP contribution in [-0.2, 0) is 0 Å². The molecule has 3 nitrogen and oxygen atoms in total. The van der Waals surface area contributed by atoms with Gasteiger partial charge in [-0.1, -0.05) is 13.8 Å². The fourth-order valence-corrected chi connectivity index (χ4v) is 1.24. The van der Waals surface area contributed by atoms with E-state index in [1.165, 1.54) is 13.1 Å². The standard InChI is InChI=1S/C12H15NO2/c1-8(2)6-12(15)11-5-4-10(7-13-11)9(3)14/h4-5,7-8H,6H2,1-3H3. The summed E-state index contributed by atoms with van der Waals surface area (Å²) in [6.07, 6.45) is 1.95. The molecule has 0 saturated heterocycles. The summed E-state index contributed by atoms with van der Waals surface area (Å²) in [5, 5.41) is 0. The molecular weight excluding hydrogens is 190 g/mol. The van der Waals surface area contributed by atoms with Gasteiger partial charge in [-0.15, -0.1) is 0 Å². The van der Waals surface area contributed by atoms with Crippen LogP contribution in [0.3, 0.4) is 0 Å². The van der Waals surface area contributed by atoms with E-state index in [1.54, 1.807) is 12.1 Å². The van der Waals surface area contributed by atoms with Crippen molar-refractivity contribution in [1.29, 1.82) is 0 Å². The fraction of sp³-hybridized carbons (Fsp3) is 0.417. The van der Waals surface area contributed by atoms with Crippen molar-refractivity contribution in [2.75, 3.05) is 0 Å². The van der Waals surface area contributed by atoms with E-state index >= 15 is 0 Å². The molecule has 0 amide bonds. The number of ketones is 2. The van der Waals surface area contributed by atoms with Crippen LogP contribution in [0.5, 0.6) is 0 Å². The van der Waals surface area contributed by atoms with Crippen LogP contribution in [0, 0.1) is 5.92 Å². The highest BCUT2D eigenvalue weighted by molar-refractivity contribution is 5.97. The maximum atomic E-state index is 11.6. The molecule has 0 aliphatic heterocycles. The highest BCUT2D eigenvalue weighted by Crippen LogP contribution is 2.08. The predicted molar refractivity (Wildman–Crippen MR) is 58.0 cm³/mol. The van der Waals surface area contributed by atoms with Crippen LogP contribution in [-0.4, -0.2) is 16.6 Å². The molecule has 0 N–H and O–H groups in total. The lowest BCUT2D eigenvalue weighted by Crippen LogP contribution is -2.06. The van der Waals surface area contributed by atoms with Crippen molar-refractivity contribution in [3.63, 3.8) is 0 Å². The van der Waals surface area contributed by atoms with Crippen molar-refractivity contribution in [1.82, 2.24) is 4.98 Å². The quantitative estimate of drug-likeness (QED) is 0.709. The van der Waals surface area contributed by atoms with Gasteiger partial charge in [-0.3, -0.25) is 14.6 Å². The molecular formula is C12H15NO2. The van der Waals surface area contributed by atoms with Crippen molar-refractivity contribution in [2.45, 2.75) is 27.2 Å². The zero-order valence-electron chi connectivity index (χ0n) is 9.28. The Balaban J connectivity index is 2.80. The topological polar surface area (TPSA) is 47.0 Å². The summed E-state index contributed by atoms with van der Waals surface area (Å²) < 4.78 is 0. The average molecular weight is 205 g/mol. The summed E-state index contributed by atoms with van der Waals surface area (Å²) >= 11 is 0. The minimum absolute atomic E-state index is 0.0279. The molecule has 1 aromatic rings. The Hall–Kier alpha value is -1.51. The van der Waals surface area contributed by atoms with Crippen molar-refractivity contribution >= 4 is 11.6 Å². The van der Waals surface area contributed by atoms with Crippen LogP contribution in [0.15, 0.2) is 18.3 Å². The molecule has 0 spiro atoms. The summed E-state index contributed by atoms with van der Waals surface area (Å²) in [5.74, 6) is 0.317. The first kappa shape index (κ1) is 11.6. The molecule has 0 unspecified atom stereocenters. The molecule has 80 valence electrons. The Labute approximate surface area is 89.5 Å². The Kier molecular flexibility index (Phi) is 3.72. The van der Waals surface area contributed by atoms with Crippen LogP contribution in [0.2, 0.25) is 0 Å². The second kappa shape index (κ2) is 4.82. The molecule has 1 rings (SSSR count). The van der Waals surface area contributed by atoms with Gasteiger partial charge in [0.1, 0.15) is 5.69 Å². The second-order valence-corrected chi connectivity index (χ2v) is 4.01. The number of nitrogens with zero attached hydrogens (tertiary/aromatic N) is 1. The summed E-state index contributed by atoms with van der Waals surface area (Å²) in [6.45, 7) is 5.45. The SMILES string of the molecule is CC(=O)c1ccc(C(=O)CC(C)C)nc1. The number of pyridine rings is 1. The third kappa shape index (κ3) is 3.27. The molecule has 0 saturated carbocycles. The molecule has 1 heterocycles. The third-order valence-electron chi connectivity index (χ3n) is 2.05. The zero-order chi connectivity index (χ0) is 11.4. The average Bonchev–Trinajstić information content (AvgIpc) is 2.17. The maximum Gasteiger partial charge on any atom is 0.181 e. The number of carbonyl (C=O) groups excluding carboxylic acids is 2. The summed E-state index contributed by atoms with van der Waals surface area (Å²) in [7, 11) is 0. The van der Waals surface area contributed by atoms with Gasteiger partial charge in [-0.05, 0) is 25.0 Å². The van der Waals surface area contributed by atoms with Gasteiger partial charge >= 0.3 is 0 Å². The lowest BCUT2D eigenvalue weighted by atomic mass is 10.0. The maximum absolute atomic E-state index is 11.6. The first-order chi connectivity index (χ1) is 7.00. The van der Waals surface area contributed by atoms with Crippen LogP contribution < -0.4 is 0 Å². The van der Waals surface area contributed by atoms with Gasteiger partial charge in [0.2, 0.25) is 0 Å². The normalized spacial score (nSPS) is 10.4. The molecule has 0 atom stereocenters. The minimum Gasteiger partial charge on any atom is -0.294 e. The molecule has 0 bridgehead atoms. The summed E-state index contributed by atoms with van der Waals surface area (Å²) in [5.41, 5.74) is 0.977. The Bertz CT molecular complexity index is 366. The van der Waals surface area contributed by atoms with E-state index in [1.807, 2.05) is 13.8 Å². The number of hydrogen-bond donors (Lipinski definition) is 0.